The number of carbonyl (C=O) groups excluding carboxylic acids is 1. The van der Waals surface area contributed by atoms with Crippen molar-refractivity contribution >= 4 is 27.5 Å². The van der Waals surface area contributed by atoms with Gasteiger partial charge in [-0.05, 0) is 55.9 Å². The highest BCUT2D eigenvalue weighted by Crippen LogP contribution is 2.26. The number of carbonyl (C=O) groups is 1. The van der Waals surface area contributed by atoms with Gasteiger partial charge in [0.1, 0.15) is 5.75 Å². The molecule has 2 aromatic carbocycles. The highest BCUT2D eigenvalue weighted by atomic mass is 35.5. The van der Waals surface area contributed by atoms with Gasteiger partial charge >= 0.3 is 0 Å². The van der Waals surface area contributed by atoms with Crippen molar-refractivity contribution in [1.29, 1.82) is 0 Å². The monoisotopic (exact) mass is 479 g/mol. The first kappa shape index (κ1) is 24.5. The van der Waals surface area contributed by atoms with Crippen molar-refractivity contribution in [3.05, 3.63) is 58.6 Å². The number of sulfonamides is 1. The van der Waals surface area contributed by atoms with E-state index in [4.69, 9.17) is 16.3 Å². The van der Waals surface area contributed by atoms with Crippen LogP contribution in [-0.4, -0.2) is 74.8 Å². The second-order valence-corrected chi connectivity index (χ2v) is 10.2. The second-order valence-electron chi connectivity index (χ2n) is 7.70. The van der Waals surface area contributed by atoms with E-state index in [9.17, 15) is 13.2 Å². The predicted octanol–water partition coefficient (Wildman–Crippen LogP) is 3.34. The highest BCUT2D eigenvalue weighted by Gasteiger charge is 2.25. The van der Waals surface area contributed by atoms with Gasteiger partial charge < -0.3 is 14.5 Å². The molecule has 0 aliphatic carbocycles. The van der Waals surface area contributed by atoms with Crippen molar-refractivity contribution in [3.8, 4) is 5.75 Å². The minimum absolute atomic E-state index is 0.0479. The molecular formula is C23H30ClN3O4S. The van der Waals surface area contributed by atoms with Crippen molar-refractivity contribution < 1.29 is 17.9 Å². The Bertz CT molecular complexity index is 1040. The SMILES string of the molecule is CCOc1ccc(C(=O)N2CCN(CC)CC2)cc1CN(C)S(=O)(=O)c1ccc(Cl)cc1. The number of amides is 1. The molecule has 3 rings (SSSR count). The molecule has 0 aromatic heterocycles. The quantitative estimate of drug-likeness (QED) is 0.580. The summed E-state index contributed by atoms with van der Waals surface area (Å²) >= 11 is 5.89. The summed E-state index contributed by atoms with van der Waals surface area (Å²) in [6, 6.07) is 11.3. The van der Waals surface area contributed by atoms with E-state index >= 15 is 0 Å². The lowest BCUT2D eigenvalue weighted by atomic mass is 10.1. The zero-order valence-corrected chi connectivity index (χ0v) is 20.3. The number of hydrogen-bond acceptors (Lipinski definition) is 5. The minimum atomic E-state index is -3.73. The zero-order valence-electron chi connectivity index (χ0n) is 18.8. The Kier molecular flexibility index (Phi) is 8.16. The molecule has 0 N–H and O–H groups in total. The number of nitrogens with zero attached hydrogens (tertiary/aromatic N) is 3. The van der Waals surface area contributed by atoms with Gasteiger partial charge in [0.15, 0.2) is 0 Å². The number of halogens is 1. The van der Waals surface area contributed by atoms with Crippen molar-refractivity contribution in [1.82, 2.24) is 14.1 Å². The van der Waals surface area contributed by atoms with Crippen LogP contribution in [0.4, 0.5) is 0 Å². The summed E-state index contributed by atoms with van der Waals surface area (Å²) in [6.07, 6.45) is 0. The third kappa shape index (κ3) is 5.61. The van der Waals surface area contributed by atoms with Crippen LogP contribution < -0.4 is 4.74 Å². The Morgan fingerprint density at radius 3 is 2.31 bits per heavy atom. The largest absolute Gasteiger partial charge is 0.494 e. The molecule has 32 heavy (non-hydrogen) atoms. The molecule has 7 nitrogen and oxygen atoms in total. The summed E-state index contributed by atoms with van der Waals surface area (Å²) < 4.78 is 33.0. The van der Waals surface area contributed by atoms with E-state index in [0.29, 0.717) is 41.6 Å². The molecule has 1 aliphatic heterocycles. The normalized spacial score (nSPS) is 15.2. The summed E-state index contributed by atoms with van der Waals surface area (Å²) in [5.41, 5.74) is 1.18. The van der Waals surface area contributed by atoms with E-state index in [2.05, 4.69) is 11.8 Å². The van der Waals surface area contributed by atoms with Crippen molar-refractivity contribution in [2.75, 3.05) is 46.4 Å². The maximum absolute atomic E-state index is 13.1. The summed E-state index contributed by atoms with van der Waals surface area (Å²) in [5, 5.41) is 0.469. The molecule has 9 heteroatoms. The van der Waals surface area contributed by atoms with Gasteiger partial charge in [-0.15, -0.1) is 0 Å². The molecule has 174 valence electrons. The number of ether oxygens (including phenoxy) is 1. The van der Waals surface area contributed by atoms with Crippen LogP contribution in [-0.2, 0) is 16.6 Å². The van der Waals surface area contributed by atoms with Crippen LogP contribution >= 0.6 is 11.6 Å². The third-order valence-electron chi connectivity index (χ3n) is 5.63. The lowest BCUT2D eigenvalue weighted by Crippen LogP contribution is -2.48. The maximum atomic E-state index is 13.1. The third-order valence-corrected chi connectivity index (χ3v) is 7.70. The lowest BCUT2D eigenvalue weighted by Gasteiger charge is -2.34. The van der Waals surface area contributed by atoms with E-state index in [1.54, 1.807) is 30.3 Å². The smallest absolute Gasteiger partial charge is 0.253 e. The number of rotatable bonds is 8. The standard InChI is InChI=1S/C23H30ClN3O4S/c1-4-26-12-14-27(15-13-26)23(28)18-6-11-22(31-5-2)19(16-18)17-25(3)32(29,30)21-9-7-20(24)8-10-21/h6-11,16H,4-5,12-15,17H2,1-3H3. The number of piperazine rings is 1. The average molecular weight is 480 g/mol. The second kappa shape index (κ2) is 10.7. The molecule has 0 atom stereocenters. The highest BCUT2D eigenvalue weighted by molar-refractivity contribution is 7.89. The van der Waals surface area contributed by atoms with Gasteiger partial charge in [-0.2, -0.15) is 4.31 Å². The molecule has 0 bridgehead atoms. The Morgan fingerprint density at radius 1 is 1.06 bits per heavy atom. The van der Waals surface area contributed by atoms with Crippen molar-refractivity contribution in [2.45, 2.75) is 25.3 Å². The topological polar surface area (TPSA) is 70.2 Å². The van der Waals surface area contributed by atoms with Gasteiger partial charge in [0, 0.05) is 55.9 Å². The molecule has 0 saturated carbocycles. The molecular weight excluding hydrogens is 450 g/mol. The van der Waals surface area contributed by atoms with Crippen LogP contribution in [0.3, 0.4) is 0 Å². The van der Waals surface area contributed by atoms with Crippen molar-refractivity contribution in [3.63, 3.8) is 0 Å². The number of likely N-dealkylation sites (N-methyl/N-ethyl adjacent to an activating group) is 1. The van der Waals surface area contributed by atoms with Gasteiger partial charge in [-0.25, -0.2) is 8.42 Å². The van der Waals surface area contributed by atoms with Gasteiger partial charge in [0.2, 0.25) is 10.0 Å². The first-order valence-corrected chi connectivity index (χ1v) is 12.6. The fourth-order valence-corrected chi connectivity index (χ4v) is 4.97. The van der Waals surface area contributed by atoms with E-state index in [0.717, 1.165) is 19.6 Å². The molecule has 0 spiro atoms. The fraction of sp³-hybridized carbons (Fsp3) is 0.435. The van der Waals surface area contributed by atoms with Crippen LogP contribution in [0.2, 0.25) is 5.02 Å². The Hall–Kier alpha value is -2.13. The molecule has 1 saturated heterocycles. The van der Waals surface area contributed by atoms with Gasteiger partial charge in [0.25, 0.3) is 5.91 Å². The van der Waals surface area contributed by atoms with Crippen LogP contribution in [0.5, 0.6) is 5.75 Å². The van der Waals surface area contributed by atoms with E-state index in [-0.39, 0.29) is 17.3 Å². The number of benzene rings is 2. The van der Waals surface area contributed by atoms with E-state index in [1.807, 2.05) is 11.8 Å². The van der Waals surface area contributed by atoms with Crippen molar-refractivity contribution in [2.24, 2.45) is 0 Å². The minimum Gasteiger partial charge on any atom is -0.494 e. The summed E-state index contributed by atoms with van der Waals surface area (Å²) in [5.74, 6) is 0.520. The zero-order chi connectivity index (χ0) is 23.3. The van der Waals surface area contributed by atoms with Crippen LogP contribution in [0.25, 0.3) is 0 Å². The first-order chi connectivity index (χ1) is 15.3. The Labute approximate surface area is 195 Å². The predicted molar refractivity (Wildman–Crippen MR) is 126 cm³/mol. The lowest BCUT2D eigenvalue weighted by molar-refractivity contribution is 0.0643. The van der Waals surface area contributed by atoms with Crippen LogP contribution in [0.1, 0.15) is 29.8 Å². The van der Waals surface area contributed by atoms with E-state index in [1.165, 1.54) is 23.5 Å². The fourth-order valence-electron chi connectivity index (χ4n) is 3.69. The maximum Gasteiger partial charge on any atom is 0.253 e. The van der Waals surface area contributed by atoms with Gasteiger partial charge in [0.05, 0.1) is 11.5 Å². The molecule has 1 aliphatic rings. The van der Waals surface area contributed by atoms with Crippen LogP contribution in [0.15, 0.2) is 47.4 Å². The van der Waals surface area contributed by atoms with E-state index < -0.39 is 10.0 Å². The van der Waals surface area contributed by atoms with Crippen LogP contribution in [0, 0.1) is 0 Å². The molecule has 0 unspecified atom stereocenters. The Balaban J connectivity index is 1.83. The molecule has 1 heterocycles. The molecule has 1 fully saturated rings. The first-order valence-electron chi connectivity index (χ1n) is 10.8. The molecule has 1 amide bonds. The number of hydrogen-bond donors (Lipinski definition) is 0. The van der Waals surface area contributed by atoms with Gasteiger partial charge in [-0.1, -0.05) is 18.5 Å². The summed E-state index contributed by atoms with van der Waals surface area (Å²) in [6.45, 7) is 8.54. The molecule has 2 aromatic rings. The summed E-state index contributed by atoms with van der Waals surface area (Å²) in [7, 11) is -2.22. The summed E-state index contributed by atoms with van der Waals surface area (Å²) in [4.78, 5) is 17.4. The average Bonchev–Trinajstić information content (AvgIpc) is 2.80. The molecule has 0 radical (unpaired) electrons. The Morgan fingerprint density at radius 2 is 1.72 bits per heavy atom. The van der Waals surface area contributed by atoms with Gasteiger partial charge in [-0.3, -0.25) is 4.79 Å².